The van der Waals surface area contributed by atoms with Crippen molar-refractivity contribution < 1.29 is 9.53 Å². The van der Waals surface area contributed by atoms with Crippen molar-refractivity contribution in [2.75, 3.05) is 0 Å². The minimum atomic E-state index is -0.438. The van der Waals surface area contributed by atoms with E-state index in [0.717, 1.165) is 19.3 Å². The molecule has 1 amide bonds. The van der Waals surface area contributed by atoms with E-state index in [1.165, 1.54) is 12.8 Å². The Bertz CT molecular complexity index is 231. The van der Waals surface area contributed by atoms with Crippen LogP contribution in [0.2, 0.25) is 0 Å². The van der Waals surface area contributed by atoms with Gasteiger partial charge in [0.1, 0.15) is 5.60 Å². The fraction of sp³-hybridized carbons (Fsp3) is 0.786. The van der Waals surface area contributed by atoms with Gasteiger partial charge in [0, 0.05) is 6.04 Å². The molecule has 17 heavy (non-hydrogen) atoms. The van der Waals surface area contributed by atoms with Crippen molar-refractivity contribution in [2.24, 2.45) is 0 Å². The average Bonchev–Trinajstić information content (AvgIpc) is 2.15. The molecule has 100 valence electrons. The lowest BCUT2D eigenvalue weighted by molar-refractivity contribution is 0.0501. The van der Waals surface area contributed by atoms with Gasteiger partial charge in [0.05, 0.1) is 0 Å². The van der Waals surface area contributed by atoms with Crippen LogP contribution in [0.5, 0.6) is 0 Å². The zero-order chi connectivity index (χ0) is 13.3. The fourth-order valence-corrected chi connectivity index (χ4v) is 1.57. The Morgan fingerprint density at radius 1 is 1.41 bits per heavy atom. The van der Waals surface area contributed by atoms with Gasteiger partial charge in [-0.3, -0.25) is 0 Å². The highest BCUT2D eigenvalue weighted by Gasteiger charge is 2.18. The molecule has 0 aliphatic heterocycles. The van der Waals surface area contributed by atoms with E-state index in [2.05, 4.69) is 18.8 Å². The molecule has 1 N–H and O–H groups in total. The van der Waals surface area contributed by atoms with Crippen molar-refractivity contribution >= 4 is 6.09 Å². The van der Waals surface area contributed by atoms with Gasteiger partial charge < -0.3 is 10.1 Å². The van der Waals surface area contributed by atoms with E-state index in [4.69, 9.17) is 4.74 Å². The van der Waals surface area contributed by atoms with Crippen LogP contribution in [0, 0.1) is 0 Å². The third-order valence-electron chi connectivity index (χ3n) is 2.33. The van der Waals surface area contributed by atoms with Gasteiger partial charge in [-0.2, -0.15) is 0 Å². The molecule has 0 aliphatic carbocycles. The fourth-order valence-electron chi connectivity index (χ4n) is 1.57. The minimum absolute atomic E-state index is 0.147. The van der Waals surface area contributed by atoms with Crippen molar-refractivity contribution in [3.63, 3.8) is 0 Å². The molecule has 1 atom stereocenters. The summed E-state index contributed by atoms with van der Waals surface area (Å²) in [6, 6.07) is 0.147. The third-order valence-corrected chi connectivity index (χ3v) is 2.33. The summed E-state index contributed by atoms with van der Waals surface area (Å²) in [7, 11) is 0. The Kier molecular flexibility index (Phi) is 7.68. The van der Waals surface area contributed by atoms with E-state index in [-0.39, 0.29) is 12.1 Å². The van der Waals surface area contributed by atoms with Crippen molar-refractivity contribution in [1.82, 2.24) is 5.32 Å². The van der Waals surface area contributed by atoms with Gasteiger partial charge in [0.15, 0.2) is 0 Å². The van der Waals surface area contributed by atoms with Gasteiger partial charge in [0.25, 0.3) is 0 Å². The molecule has 0 fully saturated rings. The SMILES string of the molecule is C=CC[C@@H](CCCCC)NC(=O)OC(C)(C)C. The van der Waals surface area contributed by atoms with Crippen LogP contribution in [-0.2, 0) is 4.74 Å². The largest absolute Gasteiger partial charge is 0.444 e. The number of hydrogen-bond donors (Lipinski definition) is 1. The molecule has 0 spiro atoms. The quantitative estimate of drug-likeness (QED) is 0.539. The molecule has 0 rings (SSSR count). The van der Waals surface area contributed by atoms with Gasteiger partial charge >= 0.3 is 6.09 Å². The summed E-state index contributed by atoms with van der Waals surface area (Å²) < 4.78 is 5.24. The van der Waals surface area contributed by atoms with Gasteiger partial charge in [0.2, 0.25) is 0 Å². The highest BCUT2D eigenvalue weighted by Crippen LogP contribution is 2.10. The van der Waals surface area contributed by atoms with Crippen LogP contribution in [0.15, 0.2) is 12.7 Å². The van der Waals surface area contributed by atoms with E-state index in [9.17, 15) is 4.79 Å². The summed E-state index contributed by atoms with van der Waals surface area (Å²) in [5.74, 6) is 0. The van der Waals surface area contributed by atoms with Crippen molar-refractivity contribution in [3.8, 4) is 0 Å². The first-order chi connectivity index (χ1) is 7.89. The molecule has 0 saturated carbocycles. The maximum absolute atomic E-state index is 11.6. The molecule has 0 aromatic carbocycles. The predicted octanol–water partition coefficient (Wildman–Crippen LogP) is 4.04. The van der Waals surface area contributed by atoms with E-state index in [1.807, 2.05) is 26.8 Å². The first-order valence-corrected chi connectivity index (χ1v) is 6.49. The Morgan fingerprint density at radius 2 is 2.06 bits per heavy atom. The summed E-state index contributed by atoms with van der Waals surface area (Å²) in [5, 5.41) is 2.90. The van der Waals surface area contributed by atoms with Crippen molar-refractivity contribution in [1.29, 1.82) is 0 Å². The molecule has 0 bridgehead atoms. The maximum atomic E-state index is 11.6. The molecular weight excluding hydrogens is 214 g/mol. The Balaban J connectivity index is 4.05. The first-order valence-electron chi connectivity index (χ1n) is 6.49. The molecule has 0 saturated heterocycles. The molecule has 0 heterocycles. The lowest BCUT2D eigenvalue weighted by Crippen LogP contribution is -2.38. The number of alkyl carbamates (subject to hydrolysis) is 1. The standard InChI is InChI=1S/C14H27NO2/c1-6-8-9-11-12(10-7-2)15-13(16)17-14(3,4)5/h7,12H,2,6,8-11H2,1,3-5H3,(H,15,16)/t12-/m0/s1. The summed E-state index contributed by atoms with van der Waals surface area (Å²) >= 11 is 0. The summed E-state index contributed by atoms with van der Waals surface area (Å²) in [5.41, 5.74) is -0.438. The number of carbonyl (C=O) groups excluding carboxylic acids is 1. The number of rotatable bonds is 7. The number of unbranched alkanes of at least 4 members (excludes halogenated alkanes) is 2. The van der Waals surface area contributed by atoms with Crippen LogP contribution in [0.3, 0.4) is 0 Å². The second-order valence-electron chi connectivity index (χ2n) is 5.36. The zero-order valence-corrected chi connectivity index (χ0v) is 11.7. The lowest BCUT2D eigenvalue weighted by atomic mass is 10.1. The molecule has 0 aromatic rings. The maximum Gasteiger partial charge on any atom is 0.407 e. The van der Waals surface area contributed by atoms with Crippen molar-refractivity contribution in [2.45, 2.75) is 71.4 Å². The minimum Gasteiger partial charge on any atom is -0.444 e. The monoisotopic (exact) mass is 241 g/mol. The molecule has 3 heteroatoms. The van der Waals surface area contributed by atoms with E-state index >= 15 is 0 Å². The van der Waals surface area contributed by atoms with Crippen LogP contribution in [-0.4, -0.2) is 17.7 Å². The van der Waals surface area contributed by atoms with Crippen LogP contribution in [0.1, 0.15) is 59.8 Å². The molecule has 0 unspecified atom stereocenters. The van der Waals surface area contributed by atoms with Crippen LogP contribution in [0.25, 0.3) is 0 Å². The van der Waals surface area contributed by atoms with E-state index < -0.39 is 5.60 Å². The van der Waals surface area contributed by atoms with Gasteiger partial charge in [-0.15, -0.1) is 6.58 Å². The predicted molar refractivity (Wildman–Crippen MR) is 72.1 cm³/mol. The molecule has 0 aliphatic rings. The number of ether oxygens (including phenoxy) is 1. The van der Waals surface area contributed by atoms with Gasteiger partial charge in [-0.1, -0.05) is 32.3 Å². The summed E-state index contributed by atoms with van der Waals surface area (Å²) in [4.78, 5) is 11.6. The number of amides is 1. The lowest BCUT2D eigenvalue weighted by Gasteiger charge is -2.23. The Labute approximate surface area is 106 Å². The van der Waals surface area contributed by atoms with Crippen LogP contribution in [0.4, 0.5) is 4.79 Å². The number of carbonyl (C=O) groups is 1. The number of hydrogen-bond acceptors (Lipinski definition) is 2. The Morgan fingerprint density at radius 3 is 2.53 bits per heavy atom. The highest BCUT2D eigenvalue weighted by molar-refractivity contribution is 5.68. The summed E-state index contributed by atoms with van der Waals surface area (Å²) in [6.45, 7) is 11.5. The second-order valence-corrected chi connectivity index (χ2v) is 5.36. The normalized spacial score (nSPS) is 12.9. The van der Waals surface area contributed by atoms with Gasteiger partial charge in [-0.25, -0.2) is 4.79 Å². The molecule has 0 radical (unpaired) electrons. The van der Waals surface area contributed by atoms with E-state index in [0.29, 0.717) is 0 Å². The van der Waals surface area contributed by atoms with Gasteiger partial charge in [-0.05, 0) is 33.6 Å². The smallest absolute Gasteiger partial charge is 0.407 e. The number of nitrogens with one attached hydrogen (secondary N) is 1. The second kappa shape index (κ2) is 8.15. The zero-order valence-electron chi connectivity index (χ0n) is 11.7. The molecule has 3 nitrogen and oxygen atoms in total. The third kappa shape index (κ3) is 9.91. The first kappa shape index (κ1) is 16.0. The average molecular weight is 241 g/mol. The Hall–Kier alpha value is -0.990. The van der Waals surface area contributed by atoms with E-state index in [1.54, 1.807) is 0 Å². The highest BCUT2D eigenvalue weighted by atomic mass is 16.6. The topological polar surface area (TPSA) is 38.3 Å². The molecular formula is C14H27NO2. The van der Waals surface area contributed by atoms with Crippen molar-refractivity contribution in [3.05, 3.63) is 12.7 Å². The summed E-state index contributed by atoms with van der Waals surface area (Å²) in [6.07, 6.45) is 6.80. The van der Waals surface area contributed by atoms with Crippen LogP contribution < -0.4 is 5.32 Å². The molecule has 0 aromatic heterocycles. The van der Waals surface area contributed by atoms with Crippen LogP contribution >= 0.6 is 0 Å².